The van der Waals surface area contributed by atoms with Gasteiger partial charge >= 0.3 is 0 Å². The van der Waals surface area contributed by atoms with E-state index in [-0.39, 0.29) is 17.4 Å². The average Bonchev–Trinajstić information content (AvgIpc) is 2.58. The van der Waals surface area contributed by atoms with Crippen molar-refractivity contribution >= 4 is 21.6 Å². The van der Waals surface area contributed by atoms with Crippen molar-refractivity contribution < 1.29 is 27.4 Å². The predicted molar refractivity (Wildman–Crippen MR) is 101 cm³/mol. The summed E-state index contributed by atoms with van der Waals surface area (Å²) in [6.07, 6.45) is 1.84. The number of hydrogen-bond donors (Lipinski definition) is 1. The predicted octanol–water partition coefficient (Wildman–Crippen LogP) is 1.64. The number of anilines is 1. The molecule has 1 aromatic rings. The van der Waals surface area contributed by atoms with Gasteiger partial charge in [-0.05, 0) is 26.3 Å². The molecule has 0 aliphatic rings. The van der Waals surface area contributed by atoms with Crippen LogP contribution in [0.4, 0.5) is 5.69 Å². The summed E-state index contributed by atoms with van der Waals surface area (Å²) in [5, 5.41) is 2.77. The fourth-order valence-corrected chi connectivity index (χ4v) is 2.69. The molecule has 8 nitrogen and oxygen atoms in total. The van der Waals surface area contributed by atoms with Gasteiger partial charge in [0.2, 0.25) is 10.0 Å². The van der Waals surface area contributed by atoms with Gasteiger partial charge in [0.15, 0.2) is 11.5 Å². The molecule has 0 fully saturated rings. The minimum absolute atomic E-state index is 0.131. The maximum Gasteiger partial charge on any atom is 0.253 e. The number of rotatable bonds is 10. The highest BCUT2D eigenvalue weighted by Gasteiger charge is 2.23. The molecule has 0 unspecified atom stereocenters. The summed E-state index contributed by atoms with van der Waals surface area (Å²) < 4.78 is 40.8. The van der Waals surface area contributed by atoms with Crippen LogP contribution in [-0.2, 0) is 14.8 Å². The van der Waals surface area contributed by atoms with Crippen LogP contribution in [0.1, 0.15) is 30.6 Å². The third-order valence-corrected chi connectivity index (χ3v) is 4.83. The Morgan fingerprint density at radius 2 is 1.77 bits per heavy atom. The van der Waals surface area contributed by atoms with Crippen molar-refractivity contribution in [3.63, 3.8) is 0 Å². The molecular formula is C17H28N2O6S. The van der Waals surface area contributed by atoms with Gasteiger partial charge in [-0.3, -0.25) is 9.10 Å². The Kier molecular flexibility index (Phi) is 8.16. The van der Waals surface area contributed by atoms with Crippen LogP contribution in [0, 0.1) is 0 Å². The second-order valence-corrected chi connectivity index (χ2v) is 8.00. The number of benzene rings is 1. The number of methoxy groups -OCH3 is 2. The molecule has 0 aliphatic carbocycles. The molecule has 9 heteroatoms. The van der Waals surface area contributed by atoms with E-state index in [9.17, 15) is 13.2 Å². The summed E-state index contributed by atoms with van der Waals surface area (Å²) >= 11 is 0. The molecule has 0 aliphatic heterocycles. The highest BCUT2D eigenvalue weighted by molar-refractivity contribution is 7.92. The van der Waals surface area contributed by atoms with Crippen LogP contribution in [0.3, 0.4) is 0 Å². The van der Waals surface area contributed by atoms with Crippen LogP contribution in [0.2, 0.25) is 0 Å². The maximum absolute atomic E-state index is 12.6. The molecule has 1 rings (SSSR count). The Balaban J connectivity index is 3.08. The second-order valence-electron chi connectivity index (χ2n) is 5.98. The van der Waals surface area contributed by atoms with Crippen LogP contribution < -0.4 is 19.1 Å². The van der Waals surface area contributed by atoms with Crippen molar-refractivity contribution in [2.24, 2.45) is 0 Å². The van der Waals surface area contributed by atoms with Gasteiger partial charge in [-0.2, -0.15) is 0 Å². The molecule has 0 heterocycles. The monoisotopic (exact) mass is 388 g/mol. The smallest absolute Gasteiger partial charge is 0.253 e. The normalized spacial score (nSPS) is 11.3. The van der Waals surface area contributed by atoms with Crippen molar-refractivity contribution in [1.29, 1.82) is 0 Å². The Bertz CT molecular complexity index is 718. The summed E-state index contributed by atoms with van der Waals surface area (Å²) in [5.41, 5.74) is 0.390. The SMILES string of the molecule is COc1cc(C(=O)NCCCOC(C)C)c(N(C)S(C)(=O)=O)cc1OC. The molecular weight excluding hydrogens is 360 g/mol. The van der Waals surface area contributed by atoms with Crippen molar-refractivity contribution in [2.75, 3.05) is 45.0 Å². The maximum atomic E-state index is 12.6. The molecule has 1 amide bonds. The van der Waals surface area contributed by atoms with Gasteiger partial charge in [0, 0.05) is 26.3 Å². The molecule has 0 aromatic heterocycles. The lowest BCUT2D eigenvalue weighted by atomic mass is 10.1. The van der Waals surface area contributed by atoms with Crippen molar-refractivity contribution in [3.05, 3.63) is 17.7 Å². The van der Waals surface area contributed by atoms with E-state index in [1.807, 2.05) is 13.8 Å². The first-order valence-electron chi connectivity index (χ1n) is 8.21. The lowest BCUT2D eigenvalue weighted by Gasteiger charge is -2.22. The summed E-state index contributed by atoms with van der Waals surface area (Å²) in [7, 11) is 0.709. The van der Waals surface area contributed by atoms with Crippen LogP contribution >= 0.6 is 0 Å². The van der Waals surface area contributed by atoms with Crippen LogP contribution in [-0.4, -0.2) is 61.1 Å². The molecule has 26 heavy (non-hydrogen) atoms. The zero-order chi connectivity index (χ0) is 19.9. The van der Waals surface area contributed by atoms with Gasteiger partial charge in [-0.25, -0.2) is 8.42 Å². The van der Waals surface area contributed by atoms with Crippen LogP contribution in [0.15, 0.2) is 12.1 Å². The van der Waals surface area contributed by atoms with E-state index >= 15 is 0 Å². The molecule has 1 N–H and O–H groups in total. The standard InChI is InChI=1S/C17H28N2O6S/c1-12(2)25-9-7-8-18-17(20)13-10-15(23-4)16(24-5)11-14(13)19(3)26(6,21)22/h10-12H,7-9H2,1-6H3,(H,18,20). The Morgan fingerprint density at radius 3 is 2.27 bits per heavy atom. The lowest BCUT2D eigenvalue weighted by Crippen LogP contribution is -2.31. The van der Waals surface area contributed by atoms with Gasteiger partial charge < -0.3 is 19.5 Å². The number of sulfonamides is 1. The van der Waals surface area contributed by atoms with E-state index in [0.717, 1.165) is 10.6 Å². The third kappa shape index (κ3) is 6.06. The fourth-order valence-electron chi connectivity index (χ4n) is 2.18. The molecule has 148 valence electrons. The number of carbonyl (C=O) groups excluding carboxylic acids is 1. The Morgan fingerprint density at radius 1 is 1.19 bits per heavy atom. The summed E-state index contributed by atoms with van der Waals surface area (Å²) in [5.74, 6) is 0.271. The third-order valence-electron chi connectivity index (χ3n) is 3.64. The number of amides is 1. The molecule has 0 radical (unpaired) electrons. The van der Waals surface area contributed by atoms with Gasteiger partial charge in [-0.15, -0.1) is 0 Å². The summed E-state index contributed by atoms with van der Waals surface area (Å²) in [4.78, 5) is 12.6. The van der Waals surface area contributed by atoms with E-state index < -0.39 is 15.9 Å². The van der Waals surface area contributed by atoms with Gasteiger partial charge in [-0.1, -0.05) is 0 Å². The number of nitrogens with zero attached hydrogens (tertiary/aromatic N) is 1. The number of nitrogens with one attached hydrogen (secondary N) is 1. The lowest BCUT2D eigenvalue weighted by molar-refractivity contribution is 0.0757. The minimum Gasteiger partial charge on any atom is -0.493 e. The zero-order valence-corrected chi connectivity index (χ0v) is 17.0. The highest BCUT2D eigenvalue weighted by Crippen LogP contribution is 2.35. The van der Waals surface area contributed by atoms with Crippen LogP contribution in [0.25, 0.3) is 0 Å². The first kappa shape index (κ1) is 22.0. The molecule has 0 saturated carbocycles. The summed E-state index contributed by atoms with van der Waals surface area (Å²) in [6, 6.07) is 2.94. The van der Waals surface area contributed by atoms with E-state index in [1.54, 1.807) is 0 Å². The fraction of sp³-hybridized carbons (Fsp3) is 0.588. The topological polar surface area (TPSA) is 94.2 Å². The van der Waals surface area contributed by atoms with Crippen LogP contribution in [0.5, 0.6) is 11.5 Å². The van der Waals surface area contributed by atoms with Crippen molar-refractivity contribution in [3.8, 4) is 11.5 Å². The molecule has 1 aromatic carbocycles. The molecule has 0 saturated heterocycles. The molecule has 0 atom stereocenters. The van der Waals surface area contributed by atoms with Crippen molar-refractivity contribution in [2.45, 2.75) is 26.4 Å². The first-order chi connectivity index (χ1) is 12.1. The number of ether oxygens (including phenoxy) is 3. The van der Waals surface area contributed by atoms with E-state index in [2.05, 4.69) is 5.32 Å². The number of hydrogen-bond acceptors (Lipinski definition) is 6. The first-order valence-corrected chi connectivity index (χ1v) is 10.1. The van der Waals surface area contributed by atoms with Crippen molar-refractivity contribution in [1.82, 2.24) is 5.32 Å². The molecule has 0 bridgehead atoms. The zero-order valence-electron chi connectivity index (χ0n) is 16.2. The molecule has 0 spiro atoms. The van der Waals surface area contributed by atoms with Gasteiger partial charge in [0.1, 0.15) is 0 Å². The summed E-state index contributed by atoms with van der Waals surface area (Å²) in [6.45, 7) is 4.81. The van der Waals surface area contributed by atoms with E-state index in [4.69, 9.17) is 14.2 Å². The quantitative estimate of drug-likeness (QED) is 0.613. The van der Waals surface area contributed by atoms with Gasteiger partial charge in [0.25, 0.3) is 5.91 Å². The minimum atomic E-state index is -3.56. The average molecular weight is 388 g/mol. The Labute approximate surface area is 155 Å². The highest BCUT2D eigenvalue weighted by atomic mass is 32.2. The number of carbonyl (C=O) groups is 1. The second kappa shape index (κ2) is 9.63. The largest absolute Gasteiger partial charge is 0.493 e. The van der Waals surface area contributed by atoms with Gasteiger partial charge in [0.05, 0.1) is 37.8 Å². The van der Waals surface area contributed by atoms with E-state index in [0.29, 0.717) is 31.1 Å². The van der Waals surface area contributed by atoms with E-state index in [1.165, 1.54) is 33.4 Å². The Hall–Kier alpha value is -2.00.